The largest absolute Gasteiger partial charge is 0.451 e. The minimum atomic E-state index is -0.736. The monoisotopic (exact) mass is 405 g/mol. The fourth-order valence-corrected chi connectivity index (χ4v) is 3.80. The zero-order valence-electron chi connectivity index (χ0n) is 16.8. The second-order valence-electron chi connectivity index (χ2n) is 7.38. The van der Waals surface area contributed by atoms with Gasteiger partial charge >= 0.3 is 5.97 Å². The predicted molar refractivity (Wildman–Crippen MR) is 114 cm³/mol. The van der Waals surface area contributed by atoms with Gasteiger partial charge in [0.2, 0.25) is 0 Å². The molecule has 0 spiro atoms. The third-order valence-corrected chi connectivity index (χ3v) is 5.21. The van der Waals surface area contributed by atoms with Crippen molar-refractivity contribution in [1.29, 1.82) is 0 Å². The first-order valence-corrected chi connectivity index (χ1v) is 10.2. The van der Waals surface area contributed by atoms with Gasteiger partial charge in [-0.05, 0) is 55.0 Å². The Morgan fingerprint density at radius 1 is 1.10 bits per heavy atom. The van der Waals surface area contributed by atoms with Crippen LogP contribution in [0.25, 0.3) is 10.8 Å². The molecule has 0 aliphatic heterocycles. The number of aryl methyl sites for hydroxylation is 3. The normalized spacial score (nSPS) is 12.6. The SMILES string of the molecule is CCCn1nc(C(=O)OCC(=O)Nc2ccc3c(c2)CCC3)c2ccccc2c1=O. The first-order chi connectivity index (χ1) is 14.6. The number of hydrogen-bond donors (Lipinski definition) is 1. The molecule has 4 rings (SSSR count). The van der Waals surface area contributed by atoms with Gasteiger partial charge in [0.05, 0.1) is 5.39 Å². The average Bonchev–Trinajstić information content (AvgIpc) is 3.22. The summed E-state index contributed by atoms with van der Waals surface area (Å²) in [5, 5.41) is 7.77. The molecule has 0 saturated carbocycles. The van der Waals surface area contributed by atoms with Crippen LogP contribution < -0.4 is 10.9 Å². The molecule has 2 aromatic carbocycles. The van der Waals surface area contributed by atoms with E-state index in [2.05, 4.69) is 10.4 Å². The Labute approximate surface area is 173 Å². The Hall–Kier alpha value is -3.48. The molecule has 1 heterocycles. The van der Waals surface area contributed by atoms with Crippen LogP contribution in [-0.2, 0) is 28.9 Å². The van der Waals surface area contributed by atoms with E-state index in [1.54, 1.807) is 24.3 Å². The molecule has 0 saturated heterocycles. The van der Waals surface area contributed by atoms with Crippen LogP contribution in [0.2, 0.25) is 0 Å². The van der Waals surface area contributed by atoms with Gasteiger partial charge in [0.15, 0.2) is 12.3 Å². The van der Waals surface area contributed by atoms with Crippen LogP contribution in [0.15, 0.2) is 47.3 Å². The summed E-state index contributed by atoms with van der Waals surface area (Å²) in [5.74, 6) is -1.16. The van der Waals surface area contributed by atoms with Gasteiger partial charge in [0, 0.05) is 17.6 Å². The van der Waals surface area contributed by atoms with Crippen LogP contribution >= 0.6 is 0 Å². The molecule has 1 aromatic heterocycles. The number of hydrogen-bond acceptors (Lipinski definition) is 5. The van der Waals surface area contributed by atoms with Gasteiger partial charge in [-0.3, -0.25) is 9.59 Å². The summed E-state index contributed by atoms with van der Waals surface area (Å²) in [4.78, 5) is 37.5. The van der Waals surface area contributed by atoms with Crippen molar-refractivity contribution in [2.45, 2.75) is 39.2 Å². The minimum Gasteiger partial charge on any atom is -0.451 e. The highest BCUT2D eigenvalue weighted by Gasteiger charge is 2.19. The smallest absolute Gasteiger partial charge is 0.359 e. The second kappa shape index (κ2) is 8.49. The van der Waals surface area contributed by atoms with E-state index in [0.29, 0.717) is 29.4 Å². The van der Waals surface area contributed by atoms with E-state index in [9.17, 15) is 14.4 Å². The van der Waals surface area contributed by atoms with Gasteiger partial charge in [-0.2, -0.15) is 5.10 Å². The van der Waals surface area contributed by atoms with E-state index in [0.717, 1.165) is 19.3 Å². The van der Waals surface area contributed by atoms with Crippen LogP contribution in [-0.4, -0.2) is 28.3 Å². The summed E-state index contributed by atoms with van der Waals surface area (Å²) in [6, 6.07) is 12.6. The van der Waals surface area contributed by atoms with Crippen molar-refractivity contribution < 1.29 is 14.3 Å². The number of rotatable bonds is 6. The van der Waals surface area contributed by atoms with Crippen molar-refractivity contribution >= 4 is 28.3 Å². The number of ether oxygens (including phenoxy) is 1. The molecule has 0 unspecified atom stereocenters. The number of nitrogens with one attached hydrogen (secondary N) is 1. The predicted octanol–water partition coefficient (Wildman–Crippen LogP) is 3.09. The number of anilines is 1. The van der Waals surface area contributed by atoms with Crippen molar-refractivity contribution in [1.82, 2.24) is 9.78 Å². The maximum Gasteiger partial charge on any atom is 0.359 e. The highest BCUT2D eigenvalue weighted by molar-refractivity contribution is 6.03. The lowest BCUT2D eigenvalue weighted by atomic mass is 10.1. The van der Waals surface area contributed by atoms with Crippen LogP contribution in [0.3, 0.4) is 0 Å². The topological polar surface area (TPSA) is 90.3 Å². The van der Waals surface area contributed by atoms with E-state index in [4.69, 9.17) is 4.74 Å². The average molecular weight is 405 g/mol. The summed E-state index contributed by atoms with van der Waals surface area (Å²) in [6.07, 6.45) is 3.91. The molecular weight excluding hydrogens is 382 g/mol. The number of aromatic nitrogens is 2. The van der Waals surface area contributed by atoms with Crippen LogP contribution in [0.5, 0.6) is 0 Å². The highest BCUT2D eigenvalue weighted by atomic mass is 16.5. The lowest BCUT2D eigenvalue weighted by molar-refractivity contribution is -0.119. The van der Waals surface area contributed by atoms with Gasteiger partial charge in [0.1, 0.15) is 0 Å². The number of carbonyl (C=O) groups excluding carboxylic acids is 2. The zero-order valence-corrected chi connectivity index (χ0v) is 16.8. The number of amides is 1. The lowest BCUT2D eigenvalue weighted by Gasteiger charge is -2.11. The molecule has 1 N–H and O–H groups in total. The Balaban J connectivity index is 1.48. The maximum atomic E-state index is 12.7. The van der Waals surface area contributed by atoms with Crippen LogP contribution in [0.1, 0.15) is 41.4 Å². The number of benzene rings is 2. The van der Waals surface area contributed by atoms with Crippen LogP contribution in [0.4, 0.5) is 5.69 Å². The molecule has 1 aliphatic rings. The number of nitrogens with zero attached hydrogens (tertiary/aromatic N) is 2. The molecule has 0 radical (unpaired) electrons. The summed E-state index contributed by atoms with van der Waals surface area (Å²) in [5.41, 5.74) is 3.04. The Morgan fingerprint density at radius 2 is 1.87 bits per heavy atom. The van der Waals surface area contributed by atoms with Gasteiger partial charge in [-0.15, -0.1) is 0 Å². The number of esters is 1. The van der Waals surface area contributed by atoms with Gasteiger partial charge in [0.25, 0.3) is 11.5 Å². The summed E-state index contributed by atoms with van der Waals surface area (Å²) >= 11 is 0. The third-order valence-electron chi connectivity index (χ3n) is 5.21. The molecule has 7 nitrogen and oxygen atoms in total. The zero-order chi connectivity index (χ0) is 21.1. The Bertz CT molecular complexity index is 1180. The van der Waals surface area contributed by atoms with E-state index in [1.807, 2.05) is 25.1 Å². The maximum absolute atomic E-state index is 12.7. The van der Waals surface area contributed by atoms with Crippen molar-refractivity contribution in [3.63, 3.8) is 0 Å². The first-order valence-electron chi connectivity index (χ1n) is 10.2. The summed E-state index contributed by atoms with van der Waals surface area (Å²) in [6.45, 7) is 1.88. The van der Waals surface area contributed by atoms with E-state index < -0.39 is 18.5 Å². The Morgan fingerprint density at radius 3 is 2.67 bits per heavy atom. The molecule has 1 aliphatic carbocycles. The second-order valence-corrected chi connectivity index (χ2v) is 7.38. The van der Waals surface area contributed by atoms with Gasteiger partial charge in [-0.25, -0.2) is 9.48 Å². The standard InChI is InChI=1S/C23H23N3O4/c1-2-12-26-22(28)19-9-4-3-8-18(19)21(25-26)23(29)30-14-20(27)24-17-11-10-15-6-5-7-16(15)13-17/h3-4,8-11,13H,2,5-7,12,14H2,1H3,(H,24,27). The van der Waals surface area contributed by atoms with Crippen molar-refractivity contribution in [3.8, 4) is 0 Å². The molecule has 0 fully saturated rings. The van der Waals surface area contributed by atoms with E-state index in [1.165, 1.54) is 15.8 Å². The highest BCUT2D eigenvalue weighted by Crippen LogP contribution is 2.24. The first kappa shape index (κ1) is 19.8. The van der Waals surface area contributed by atoms with Crippen LogP contribution in [0, 0.1) is 0 Å². The fraction of sp³-hybridized carbons (Fsp3) is 0.304. The summed E-state index contributed by atoms with van der Waals surface area (Å²) < 4.78 is 6.47. The molecule has 154 valence electrons. The quantitative estimate of drug-likeness (QED) is 0.637. The molecule has 3 aromatic rings. The van der Waals surface area contributed by atoms with Crippen molar-refractivity contribution in [2.75, 3.05) is 11.9 Å². The molecule has 30 heavy (non-hydrogen) atoms. The summed E-state index contributed by atoms with van der Waals surface area (Å²) in [7, 11) is 0. The van der Waals surface area contributed by atoms with E-state index in [-0.39, 0.29) is 11.3 Å². The number of fused-ring (bicyclic) bond motifs is 2. The third kappa shape index (κ3) is 3.96. The molecule has 1 amide bonds. The fourth-order valence-electron chi connectivity index (χ4n) is 3.80. The van der Waals surface area contributed by atoms with Crippen molar-refractivity contribution in [3.05, 3.63) is 69.6 Å². The Kier molecular flexibility index (Phi) is 5.61. The molecule has 7 heteroatoms. The van der Waals surface area contributed by atoms with E-state index >= 15 is 0 Å². The lowest BCUT2D eigenvalue weighted by Crippen LogP contribution is -2.27. The minimum absolute atomic E-state index is 0.0315. The number of carbonyl (C=O) groups is 2. The molecule has 0 atom stereocenters. The van der Waals surface area contributed by atoms with Gasteiger partial charge in [-0.1, -0.05) is 31.2 Å². The van der Waals surface area contributed by atoms with Gasteiger partial charge < -0.3 is 10.1 Å². The molecule has 0 bridgehead atoms. The molecular formula is C23H23N3O4. The van der Waals surface area contributed by atoms with Crippen molar-refractivity contribution in [2.24, 2.45) is 0 Å².